The van der Waals surface area contributed by atoms with Gasteiger partial charge in [-0.25, -0.2) is 0 Å². The zero-order valence-corrected chi connectivity index (χ0v) is 18.1. The van der Waals surface area contributed by atoms with Gasteiger partial charge in [0.1, 0.15) is 11.5 Å². The smallest absolute Gasteiger partial charge is 0.295 e. The lowest BCUT2D eigenvalue weighted by Crippen LogP contribution is -2.29. The zero-order valence-electron chi connectivity index (χ0n) is 17.2. The summed E-state index contributed by atoms with van der Waals surface area (Å²) in [6, 6.07) is 17.8. The average molecular weight is 445 g/mol. The van der Waals surface area contributed by atoms with Crippen LogP contribution in [-0.2, 0) is 16.1 Å². The van der Waals surface area contributed by atoms with Crippen molar-refractivity contribution < 1.29 is 19.4 Å². The molecule has 32 heavy (non-hydrogen) atoms. The SMILES string of the molecule is COc1ccccc1C1/C(=C(\O)c2c[nH]c3ccccc23)C(=O)C(=O)N1Cc1cccs1. The monoisotopic (exact) mass is 444 g/mol. The summed E-state index contributed by atoms with van der Waals surface area (Å²) in [6.45, 7) is 0.260. The van der Waals surface area contributed by atoms with E-state index < -0.39 is 17.7 Å². The van der Waals surface area contributed by atoms with Crippen LogP contribution in [0.15, 0.2) is 77.8 Å². The van der Waals surface area contributed by atoms with Crippen LogP contribution in [0.5, 0.6) is 5.75 Å². The molecule has 160 valence electrons. The molecular weight excluding hydrogens is 424 g/mol. The number of nitrogens with zero attached hydrogens (tertiary/aromatic N) is 1. The number of carbonyl (C=O) groups is 2. The molecule has 1 fully saturated rings. The van der Waals surface area contributed by atoms with Gasteiger partial charge in [-0.2, -0.15) is 0 Å². The van der Waals surface area contributed by atoms with E-state index in [0.29, 0.717) is 16.9 Å². The van der Waals surface area contributed by atoms with E-state index in [1.54, 1.807) is 19.4 Å². The Labute approximate surface area is 188 Å². The first kappa shape index (κ1) is 20.1. The number of rotatable bonds is 5. The third-order valence-corrected chi connectivity index (χ3v) is 6.59. The van der Waals surface area contributed by atoms with Crippen molar-refractivity contribution in [2.24, 2.45) is 0 Å². The molecule has 1 aliphatic rings. The fraction of sp³-hybridized carbons (Fsp3) is 0.120. The summed E-state index contributed by atoms with van der Waals surface area (Å²) < 4.78 is 5.54. The van der Waals surface area contributed by atoms with Crippen LogP contribution in [-0.4, -0.2) is 33.8 Å². The van der Waals surface area contributed by atoms with E-state index in [4.69, 9.17) is 4.74 Å². The maximum absolute atomic E-state index is 13.2. The predicted octanol–water partition coefficient (Wildman–Crippen LogP) is 4.86. The number of benzene rings is 2. The highest BCUT2D eigenvalue weighted by Crippen LogP contribution is 2.44. The second kappa shape index (κ2) is 8.01. The number of nitrogens with one attached hydrogen (secondary N) is 1. The number of para-hydroxylation sites is 2. The molecule has 0 saturated carbocycles. The van der Waals surface area contributed by atoms with Crippen molar-refractivity contribution in [3.05, 3.63) is 93.8 Å². The van der Waals surface area contributed by atoms with E-state index >= 15 is 0 Å². The molecule has 0 aliphatic carbocycles. The first-order valence-electron chi connectivity index (χ1n) is 10.1. The second-order valence-corrected chi connectivity index (χ2v) is 8.53. The fourth-order valence-electron chi connectivity index (χ4n) is 4.24. The van der Waals surface area contributed by atoms with Gasteiger partial charge in [0.15, 0.2) is 0 Å². The van der Waals surface area contributed by atoms with E-state index in [2.05, 4.69) is 4.98 Å². The number of likely N-dealkylation sites (tertiary alicyclic amines) is 1. The molecule has 1 aliphatic heterocycles. The molecule has 1 amide bonds. The number of aromatic nitrogens is 1. The number of amides is 1. The third kappa shape index (κ3) is 3.18. The number of hydrogen-bond donors (Lipinski definition) is 2. The Morgan fingerprint density at radius 1 is 1.09 bits per heavy atom. The van der Waals surface area contributed by atoms with Gasteiger partial charge >= 0.3 is 0 Å². The van der Waals surface area contributed by atoms with Gasteiger partial charge in [-0.05, 0) is 23.6 Å². The molecule has 2 aromatic heterocycles. The lowest BCUT2D eigenvalue weighted by molar-refractivity contribution is -0.140. The van der Waals surface area contributed by atoms with E-state index in [-0.39, 0.29) is 17.9 Å². The highest BCUT2D eigenvalue weighted by atomic mass is 32.1. The fourth-order valence-corrected chi connectivity index (χ4v) is 4.94. The number of thiophene rings is 1. The normalized spacial score (nSPS) is 17.9. The first-order valence-corrected chi connectivity index (χ1v) is 11.0. The molecule has 2 N–H and O–H groups in total. The molecule has 0 spiro atoms. The van der Waals surface area contributed by atoms with Crippen molar-refractivity contribution >= 4 is 39.7 Å². The molecule has 4 aromatic rings. The topological polar surface area (TPSA) is 82.6 Å². The number of aliphatic hydroxyl groups excluding tert-OH is 1. The van der Waals surface area contributed by atoms with Gasteiger partial charge in [0, 0.05) is 33.1 Å². The van der Waals surface area contributed by atoms with Crippen LogP contribution in [0, 0.1) is 0 Å². The number of aliphatic hydroxyl groups is 1. The molecule has 1 saturated heterocycles. The van der Waals surface area contributed by atoms with Crippen molar-refractivity contribution in [3.8, 4) is 5.75 Å². The number of Topliss-reactive ketones (excluding diaryl/α,β-unsaturated/α-hetero) is 1. The Kier molecular flexibility index (Phi) is 5.03. The molecule has 3 heterocycles. The minimum atomic E-state index is -0.776. The number of aromatic amines is 1. The predicted molar refractivity (Wildman–Crippen MR) is 123 cm³/mol. The van der Waals surface area contributed by atoms with E-state index in [1.165, 1.54) is 16.2 Å². The van der Waals surface area contributed by atoms with E-state index in [9.17, 15) is 14.7 Å². The highest BCUT2D eigenvalue weighted by Gasteiger charge is 2.47. The number of methoxy groups -OCH3 is 1. The summed E-state index contributed by atoms with van der Waals surface area (Å²) in [5.41, 5.74) is 2.01. The van der Waals surface area contributed by atoms with Gasteiger partial charge in [0.05, 0.1) is 25.3 Å². The highest BCUT2D eigenvalue weighted by molar-refractivity contribution is 7.09. The van der Waals surface area contributed by atoms with E-state index in [0.717, 1.165) is 15.8 Å². The quantitative estimate of drug-likeness (QED) is 0.262. The Bertz CT molecular complexity index is 1350. The van der Waals surface area contributed by atoms with Gasteiger partial charge in [-0.3, -0.25) is 9.59 Å². The maximum atomic E-state index is 13.2. The number of ether oxygens (including phenoxy) is 1. The minimum absolute atomic E-state index is 0.0563. The number of H-pyrrole nitrogens is 1. The Morgan fingerprint density at radius 2 is 1.88 bits per heavy atom. The Balaban J connectivity index is 1.73. The van der Waals surface area contributed by atoms with Crippen LogP contribution in [0.4, 0.5) is 0 Å². The molecule has 2 aromatic carbocycles. The summed E-state index contributed by atoms with van der Waals surface area (Å²) in [5.74, 6) is -1.01. The Hall–Kier alpha value is -3.84. The standard InChI is InChI=1S/C25H20N2O4S/c1-31-20-11-5-3-9-17(20)22-21(23(28)18-13-26-19-10-4-2-8-16(18)19)24(29)25(30)27(22)14-15-7-6-12-32-15/h2-13,22,26,28H,14H2,1H3/b23-21+. The minimum Gasteiger partial charge on any atom is -0.507 e. The zero-order chi connectivity index (χ0) is 22.2. The van der Waals surface area contributed by atoms with Crippen LogP contribution >= 0.6 is 11.3 Å². The molecular formula is C25H20N2O4S. The maximum Gasteiger partial charge on any atom is 0.295 e. The summed E-state index contributed by atoms with van der Waals surface area (Å²) in [4.78, 5) is 32.0. The van der Waals surface area contributed by atoms with Crippen molar-refractivity contribution in [1.82, 2.24) is 9.88 Å². The average Bonchev–Trinajstić information content (AvgIpc) is 3.54. The molecule has 0 radical (unpaired) electrons. The summed E-state index contributed by atoms with van der Waals surface area (Å²) in [6.07, 6.45) is 1.66. The van der Waals surface area contributed by atoms with Gasteiger partial charge in [-0.15, -0.1) is 11.3 Å². The summed E-state index contributed by atoms with van der Waals surface area (Å²) >= 11 is 1.51. The Morgan fingerprint density at radius 3 is 2.66 bits per heavy atom. The number of carbonyl (C=O) groups excluding carboxylic acids is 2. The van der Waals surface area contributed by atoms with Crippen molar-refractivity contribution in [2.75, 3.05) is 7.11 Å². The lowest BCUT2D eigenvalue weighted by Gasteiger charge is -2.26. The van der Waals surface area contributed by atoms with Crippen LogP contribution in [0.3, 0.4) is 0 Å². The van der Waals surface area contributed by atoms with Gasteiger partial charge in [-0.1, -0.05) is 42.5 Å². The molecule has 0 bridgehead atoms. The van der Waals surface area contributed by atoms with Gasteiger partial charge in [0.25, 0.3) is 11.7 Å². The van der Waals surface area contributed by atoms with Crippen LogP contribution in [0.1, 0.15) is 22.0 Å². The van der Waals surface area contributed by atoms with Crippen LogP contribution in [0.2, 0.25) is 0 Å². The van der Waals surface area contributed by atoms with Gasteiger partial charge < -0.3 is 19.7 Å². The molecule has 1 unspecified atom stereocenters. The van der Waals surface area contributed by atoms with Crippen LogP contribution in [0.25, 0.3) is 16.7 Å². The number of hydrogen-bond acceptors (Lipinski definition) is 5. The summed E-state index contributed by atoms with van der Waals surface area (Å²) in [7, 11) is 1.55. The molecule has 7 heteroatoms. The molecule has 6 nitrogen and oxygen atoms in total. The van der Waals surface area contributed by atoms with E-state index in [1.807, 2.05) is 60.0 Å². The third-order valence-electron chi connectivity index (χ3n) is 5.72. The van der Waals surface area contributed by atoms with Crippen molar-refractivity contribution in [3.63, 3.8) is 0 Å². The van der Waals surface area contributed by atoms with Gasteiger partial charge in [0.2, 0.25) is 0 Å². The largest absolute Gasteiger partial charge is 0.507 e. The van der Waals surface area contributed by atoms with Crippen molar-refractivity contribution in [1.29, 1.82) is 0 Å². The first-order chi connectivity index (χ1) is 15.6. The molecule has 5 rings (SSSR count). The number of ketones is 1. The summed E-state index contributed by atoms with van der Waals surface area (Å²) in [5, 5.41) is 14.1. The van der Waals surface area contributed by atoms with Crippen molar-refractivity contribution in [2.45, 2.75) is 12.6 Å². The number of fused-ring (bicyclic) bond motifs is 1. The second-order valence-electron chi connectivity index (χ2n) is 7.50. The molecule has 1 atom stereocenters. The lowest BCUT2D eigenvalue weighted by atomic mass is 9.94. The van der Waals surface area contributed by atoms with Crippen LogP contribution < -0.4 is 4.74 Å².